The van der Waals surface area contributed by atoms with E-state index in [2.05, 4.69) is 25.6 Å². The fourth-order valence-corrected chi connectivity index (χ4v) is 3.14. The molecular formula is C18H17N5O4S. The molecule has 0 aliphatic carbocycles. The van der Waals surface area contributed by atoms with Gasteiger partial charge in [-0.1, -0.05) is 0 Å². The van der Waals surface area contributed by atoms with Gasteiger partial charge < -0.3 is 20.1 Å². The molecule has 144 valence electrons. The first kappa shape index (κ1) is 19.2. The van der Waals surface area contributed by atoms with Gasteiger partial charge in [0, 0.05) is 25.5 Å². The summed E-state index contributed by atoms with van der Waals surface area (Å²) in [4.78, 5) is 37.7. The van der Waals surface area contributed by atoms with Crippen molar-refractivity contribution in [1.29, 1.82) is 0 Å². The van der Waals surface area contributed by atoms with Crippen LogP contribution < -0.4 is 20.1 Å². The number of carbonyl (C=O) groups excluding carboxylic acids is 2. The second-order valence-electron chi connectivity index (χ2n) is 5.39. The highest BCUT2D eigenvalue weighted by atomic mass is 32.1. The molecular weight excluding hydrogens is 382 g/mol. The predicted octanol–water partition coefficient (Wildman–Crippen LogP) is 2.23. The number of anilines is 1. The van der Waals surface area contributed by atoms with Crippen molar-refractivity contribution in [2.45, 2.75) is 0 Å². The van der Waals surface area contributed by atoms with Crippen molar-refractivity contribution in [3.8, 4) is 22.3 Å². The van der Waals surface area contributed by atoms with Crippen LogP contribution in [0.5, 0.6) is 11.5 Å². The number of nitrogens with one attached hydrogen (secondary N) is 2. The van der Waals surface area contributed by atoms with Crippen LogP contribution in [0.25, 0.3) is 10.8 Å². The molecule has 0 unspecified atom stereocenters. The minimum atomic E-state index is -0.419. The third kappa shape index (κ3) is 3.91. The van der Waals surface area contributed by atoms with Crippen LogP contribution in [0.3, 0.4) is 0 Å². The molecule has 0 aliphatic heterocycles. The van der Waals surface area contributed by atoms with Gasteiger partial charge in [-0.2, -0.15) is 0 Å². The van der Waals surface area contributed by atoms with Crippen LogP contribution >= 0.6 is 11.3 Å². The average Bonchev–Trinajstić information content (AvgIpc) is 3.24. The largest absolute Gasteiger partial charge is 0.493 e. The Labute approximate surface area is 164 Å². The molecule has 2 N–H and O–H groups in total. The van der Waals surface area contributed by atoms with Gasteiger partial charge in [0.2, 0.25) is 0 Å². The van der Waals surface area contributed by atoms with Crippen LogP contribution in [-0.4, -0.2) is 48.0 Å². The Morgan fingerprint density at radius 3 is 2.32 bits per heavy atom. The summed E-state index contributed by atoms with van der Waals surface area (Å²) in [6, 6.07) is 4.73. The zero-order chi connectivity index (χ0) is 20.1. The lowest BCUT2D eigenvalue weighted by atomic mass is 10.1. The Hall–Kier alpha value is -3.53. The van der Waals surface area contributed by atoms with E-state index >= 15 is 0 Å². The molecule has 28 heavy (non-hydrogen) atoms. The number of amides is 2. The summed E-state index contributed by atoms with van der Waals surface area (Å²) in [6.07, 6.45) is 4.64. The van der Waals surface area contributed by atoms with Gasteiger partial charge in [0.1, 0.15) is 4.88 Å². The van der Waals surface area contributed by atoms with Gasteiger partial charge in [0.15, 0.2) is 22.3 Å². The normalized spacial score (nSPS) is 10.2. The third-order valence-corrected chi connectivity index (χ3v) is 4.72. The first-order valence-corrected chi connectivity index (χ1v) is 8.91. The highest BCUT2D eigenvalue weighted by Crippen LogP contribution is 2.34. The van der Waals surface area contributed by atoms with E-state index in [-0.39, 0.29) is 17.2 Å². The minimum Gasteiger partial charge on any atom is -0.493 e. The first-order valence-electron chi connectivity index (χ1n) is 8.10. The number of hydrogen-bond acceptors (Lipinski definition) is 8. The zero-order valence-electron chi connectivity index (χ0n) is 15.3. The summed E-state index contributed by atoms with van der Waals surface area (Å²) in [6.45, 7) is 0. The highest BCUT2D eigenvalue weighted by Gasteiger charge is 2.20. The molecule has 3 aromatic rings. The van der Waals surface area contributed by atoms with Crippen molar-refractivity contribution < 1.29 is 19.1 Å². The fourth-order valence-electron chi connectivity index (χ4n) is 2.38. The summed E-state index contributed by atoms with van der Waals surface area (Å²) in [5.74, 6) is 0.397. The molecule has 0 aliphatic rings. The van der Waals surface area contributed by atoms with E-state index in [1.165, 1.54) is 39.6 Å². The molecule has 3 rings (SSSR count). The standard InChI is InChI=1S/C18H17N5O4S/c1-19-16(24)10-7-12(26-2)13(27-3)8-11(10)23-17(25)14-9-22-18(28-14)15-20-5-4-6-21-15/h4-9H,1-3H3,(H,19,24)(H,23,25). The number of rotatable bonds is 6. The van der Waals surface area contributed by atoms with E-state index in [4.69, 9.17) is 9.47 Å². The predicted molar refractivity (Wildman–Crippen MR) is 104 cm³/mol. The van der Waals surface area contributed by atoms with Crippen LogP contribution in [0.15, 0.2) is 36.8 Å². The molecule has 0 bridgehead atoms. The third-order valence-electron chi connectivity index (χ3n) is 3.73. The van der Waals surface area contributed by atoms with Crippen molar-refractivity contribution in [1.82, 2.24) is 20.3 Å². The second kappa shape index (κ2) is 8.44. The van der Waals surface area contributed by atoms with Gasteiger partial charge >= 0.3 is 0 Å². The van der Waals surface area contributed by atoms with E-state index < -0.39 is 5.91 Å². The summed E-state index contributed by atoms with van der Waals surface area (Å²) in [7, 11) is 4.44. The van der Waals surface area contributed by atoms with E-state index in [9.17, 15) is 9.59 Å². The first-order chi connectivity index (χ1) is 13.6. The van der Waals surface area contributed by atoms with Gasteiger partial charge in [0.05, 0.1) is 31.7 Å². The summed E-state index contributed by atoms with van der Waals surface area (Å²) < 4.78 is 10.5. The maximum Gasteiger partial charge on any atom is 0.267 e. The lowest BCUT2D eigenvalue weighted by Crippen LogP contribution is -2.21. The van der Waals surface area contributed by atoms with Gasteiger partial charge in [-0.25, -0.2) is 15.0 Å². The number of ether oxygens (including phenoxy) is 2. The lowest BCUT2D eigenvalue weighted by molar-refractivity contribution is 0.0963. The molecule has 2 aromatic heterocycles. The van der Waals surface area contributed by atoms with Crippen molar-refractivity contribution in [2.24, 2.45) is 0 Å². The molecule has 0 atom stereocenters. The number of nitrogens with zero attached hydrogens (tertiary/aromatic N) is 3. The minimum absolute atomic E-state index is 0.240. The Morgan fingerprint density at radius 1 is 1.00 bits per heavy atom. The SMILES string of the molecule is CNC(=O)c1cc(OC)c(OC)cc1NC(=O)c1cnc(-c2ncccn2)s1. The summed E-state index contributed by atoms with van der Waals surface area (Å²) >= 11 is 1.15. The van der Waals surface area contributed by atoms with Gasteiger partial charge in [0.25, 0.3) is 11.8 Å². The Kier molecular flexibility index (Phi) is 5.80. The van der Waals surface area contributed by atoms with E-state index in [0.717, 1.165) is 11.3 Å². The maximum absolute atomic E-state index is 12.7. The highest BCUT2D eigenvalue weighted by molar-refractivity contribution is 7.16. The average molecular weight is 399 g/mol. The van der Waals surface area contributed by atoms with Crippen LogP contribution in [-0.2, 0) is 0 Å². The molecule has 9 nitrogen and oxygen atoms in total. The number of aromatic nitrogens is 3. The monoisotopic (exact) mass is 399 g/mol. The summed E-state index contributed by atoms with van der Waals surface area (Å²) in [5.41, 5.74) is 0.526. The van der Waals surface area contributed by atoms with E-state index in [1.54, 1.807) is 18.5 Å². The number of hydrogen-bond donors (Lipinski definition) is 2. The number of carbonyl (C=O) groups is 2. The van der Waals surface area contributed by atoms with Crippen LogP contribution in [0.4, 0.5) is 5.69 Å². The zero-order valence-corrected chi connectivity index (χ0v) is 16.2. The van der Waals surface area contributed by atoms with Gasteiger partial charge in [-0.15, -0.1) is 11.3 Å². The van der Waals surface area contributed by atoms with Crippen LogP contribution in [0.2, 0.25) is 0 Å². The smallest absolute Gasteiger partial charge is 0.267 e. The lowest BCUT2D eigenvalue weighted by Gasteiger charge is -2.14. The van der Waals surface area contributed by atoms with Crippen LogP contribution in [0.1, 0.15) is 20.0 Å². The Bertz CT molecular complexity index is 1010. The maximum atomic E-state index is 12.7. The van der Waals surface area contributed by atoms with Crippen molar-refractivity contribution in [2.75, 3.05) is 26.6 Å². The van der Waals surface area contributed by atoms with E-state index in [0.29, 0.717) is 27.2 Å². The van der Waals surface area contributed by atoms with Crippen molar-refractivity contribution in [3.05, 3.63) is 47.2 Å². The molecule has 0 saturated heterocycles. The number of benzene rings is 1. The molecule has 0 spiro atoms. The van der Waals surface area contributed by atoms with Crippen molar-refractivity contribution >= 4 is 28.8 Å². The Balaban J connectivity index is 1.91. The molecule has 10 heteroatoms. The molecule has 2 heterocycles. The Morgan fingerprint density at radius 2 is 1.68 bits per heavy atom. The quantitative estimate of drug-likeness (QED) is 0.653. The molecule has 0 radical (unpaired) electrons. The van der Waals surface area contributed by atoms with E-state index in [1.807, 2.05) is 0 Å². The molecule has 0 saturated carbocycles. The number of methoxy groups -OCH3 is 2. The summed E-state index contributed by atoms with van der Waals surface area (Å²) in [5, 5.41) is 5.78. The van der Waals surface area contributed by atoms with Gasteiger partial charge in [-0.05, 0) is 12.1 Å². The van der Waals surface area contributed by atoms with Crippen molar-refractivity contribution in [3.63, 3.8) is 0 Å². The number of thiazole rings is 1. The molecule has 0 fully saturated rings. The fraction of sp³-hybridized carbons (Fsp3) is 0.167. The van der Waals surface area contributed by atoms with Crippen LogP contribution in [0, 0.1) is 0 Å². The van der Waals surface area contributed by atoms with Gasteiger partial charge in [-0.3, -0.25) is 9.59 Å². The topological polar surface area (TPSA) is 115 Å². The second-order valence-corrected chi connectivity index (χ2v) is 6.42. The molecule has 2 amide bonds. The molecule has 1 aromatic carbocycles.